The topological polar surface area (TPSA) is 52.6 Å². The summed E-state index contributed by atoms with van der Waals surface area (Å²) in [5.41, 5.74) is 1.70. The molecule has 0 spiro atoms. The van der Waals surface area contributed by atoms with E-state index in [9.17, 15) is 9.59 Å². The molecule has 2 aromatic carbocycles. The first-order chi connectivity index (χ1) is 11.0. The van der Waals surface area contributed by atoms with Crippen molar-refractivity contribution in [2.24, 2.45) is 0 Å². The van der Waals surface area contributed by atoms with Crippen LogP contribution in [0.3, 0.4) is 0 Å². The van der Waals surface area contributed by atoms with Crippen LogP contribution in [-0.4, -0.2) is 11.8 Å². The number of hydrogen-bond donors (Lipinski definition) is 0. The van der Waals surface area contributed by atoms with Gasteiger partial charge >= 0.3 is 5.97 Å². The van der Waals surface area contributed by atoms with Crippen LogP contribution >= 0.6 is 15.9 Å². The number of Topliss-reactive ketones (excluding diaryl/α,β-unsaturated/α-hetero) is 1. The molecule has 1 aliphatic rings. The lowest BCUT2D eigenvalue weighted by Crippen LogP contribution is -2.09. The normalized spacial score (nSPS) is 12.7. The number of esters is 1. The lowest BCUT2D eigenvalue weighted by Gasteiger charge is -2.07. The van der Waals surface area contributed by atoms with Crippen molar-refractivity contribution < 1.29 is 19.1 Å². The minimum Gasteiger partial charge on any atom is -0.452 e. The molecule has 0 unspecified atom stereocenters. The largest absolute Gasteiger partial charge is 0.452 e. The Morgan fingerprint density at radius 2 is 1.87 bits per heavy atom. The van der Waals surface area contributed by atoms with Crippen molar-refractivity contribution in [3.63, 3.8) is 0 Å². The minimum atomic E-state index is -0.482. The number of hydrogen-bond acceptors (Lipinski definition) is 4. The van der Waals surface area contributed by atoms with Crippen molar-refractivity contribution in [1.29, 1.82) is 0 Å². The second-order valence-electron chi connectivity index (χ2n) is 5.29. The zero-order valence-corrected chi connectivity index (χ0v) is 14.1. The number of carbonyl (C=O) groups is 2. The van der Waals surface area contributed by atoms with Crippen LogP contribution in [0.25, 0.3) is 0 Å². The number of allylic oxidation sites excluding steroid dienone is 2. The Bertz CT molecular complexity index is 848. The Kier molecular flexibility index (Phi) is 4.05. The van der Waals surface area contributed by atoms with Gasteiger partial charge in [0.2, 0.25) is 5.78 Å². The van der Waals surface area contributed by atoms with Gasteiger partial charge in [0.05, 0.1) is 11.1 Å². The van der Waals surface area contributed by atoms with E-state index in [0.717, 1.165) is 5.57 Å². The third kappa shape index (κ3) is 2.92. The summed E-state index contributed by atoms with van der Waals surface area (Å²) in [4.78, 5) is 24.3. The molecular formula is C18H13BrO4. The molecule has 5 heteroatoms. The quantitative estimate of drug-likeness (QED) is 0.441. The van der Waals surface area contributed by atoms with Crippen LogP contribution in [0.5, 0.6) is 11.5 Å². The van der Waals surface area contributed by atoms with Crippen molar-refractivity contribution >= 4 is 27.7 Å². The van der Waals surface area contributed by atoms with Crippen LogP contribution in [-0.2, 0) is 0 Å². The molecule has 116 valence electrons. The number of rotatable bonds is 2. The second kappa shape index (κ2) is 6.01. The summed E-state index contributed by atoms with van der Waals surface area (Å²) in [5.74, 6) is 0.429. The Balaban J connectivity index is 1.87. The SMILES string of the molecule is CC(C)=C1Oc2cc(OC(=O)c3ccccc3Br)ccc2C1=O. The molecule has 0 saturated carbocycles. The molecule has 2 aromatic rings. The van der Waals surface area contributed by atoms with E-state index >= 15 is 0 Å². The van der Waals surface area contributed by atoms with Crippen LogP contribution < -0.4 is 9.47 Å². The summed E-state index contributed by atoms with van der Waals surface area (Å²) >= 11 is 3.32. The van der Waals surface area contributed by atoms with Crippen LogP contribution in [0.2, 0.25) is 0 Å². The van der Waals surface area contributed by atoms with Gasteiger partial charge in [-0.2, -0.15) is 0 Å². The molecule has 0 N–H and O–H groups in total. The molecule has 0 atom stereocenters. The maximum absolute atomic E-state index is 12.2. The van der Waals surface area contributed by atoms with E-state index in [4.69, 9.17) is 9.47 Å². The first-order valence-electron chi connectivity index (χ1n) is 6.98. The van der Waals surface area contributed by atoms with Crippen LogP contribution in [0.4, 0.5) is 0 Å². The highest BCUT2D eigenvalue weighted by atomic mass is 79.9. The van der Waals surface area contributed by atoms with E-state index in [1.54, 1.807) is 36.4 Å². The van der Waals surface area contributed by atoms with Crippen molar-refractivity contribution in [3.05, 3.63) is 69.4 Å². The third-order valence-electron chi connectivity index (χ3n) is 3.37. The fraction of sp³-hybridized carbons (Fsp3) is 0.111. The van der Waals surface area contributed by atoms with E-state index in [1.165, 1.54) is 0 Å². The number of carbonyl (C=O) groups excluding carboxylic acids is 2. The molecule has 0 fully saturated rings. The molecule has 0 saturated heterocycles. The summed E-state index contributed by atoms with van der Waals surface area (Å²) in [5, 5.41) is 0. The lowest BCUT2D eigenvalue weighted by molar-refractivity contribution is 0.0733. The molecular weight excluding hydrogens is 360 g/mol. The molecule has 0 aromatic heterocycles. The van der Waals surface area contributed by atoms with Gasteiger partial charge in [0, 0.05) is 10.5 Å². The van der Waals surface area contributed by atoms with Crippen molar-refractivity contribution in [2.75, 3.05) is 0 Å². The average molecular weight is 373 g/mol. The number of fused-ring (bicyclic) bond motifs is 1. The zero-order chi connectivity index (χ0) is 16.6. The monoisotopic (exact) mass is 372 g/mol. The first kappa shape index (κ1) is 15.5. The lowest BCUT2D eigenvalue weighted by atomic mass is 10.1. The molecule has 0 aliphatic carbocycles. The first-order valence-corrected chi connectivity index (χ1v) is 7.77. The minimum absolute atomic E-state index is 0.149. The number of halogens is 1. The van der Waals surface area contributed by atoms with E-state index in [2.05, 4.69) is 15.9 Å². The van der Waals surface area contributed by atoms with E-state index < -0.39 is 5.97 Å². The maximum atomic E-state index is 12.2. The number of benzene rings is 2. The third-order valence-corrected chi connectivity index (χ3v) is 4.07. The van der Waals surface area contributed by atoms with Crippen LogP contribution in [0.1, 0.15) is 34.6 Å². The number of ether oxygens (including phenoxy) is 2. The predicted molar refractivity (Wildman–Crippen MR) is 88.9 cm³/mol. The van der Waals surface area contributed by atoms with Crippen molar-refractivity contribution in [3.8, 4) is 11.5 Å². The van der Waals surface area contributed by atoms with Gasteiger partial charge in [-0.25, -0.2) is 4.79 Å². The summed E-state index contributed by atoms with van der Waals surface area (Å²) < 4.78 is 11.6. The summed E-state index contributed by atoms with van der Waals surface area (Å²) in [6, 6.07) is 11.8. The summed E-state index contributed by atoms with van der Waals surface area (Å²) in [6.45, 7) is 3.62. The fourth-order valence-electron chi connectivity index (χ4n) is 2.23. The van der Waals surface area contributed by atoms with Crippen LogP contribution in [0.15, 0.2) is 58.3 Å². The Morgan fingerprint density at radius 3 is 2.57 bits per heavy atom. The van der Waals surface area contributed by atoms with Gasteiger partial charge in [0.15, 0.2) is 5.76 Å². The van der Waals surface area contributed by atoms with Gasteiger partial charge < -0.3 is 9.47 Å². The van der Waals surface area contributed by atoms with Gasteiger partial charge in [-0.05, 0) is 59.6 Å². The molecule has 0 radical (unpaired) electrons. The standard InChI is InChI=1S/C18H13BrO4/c1-10(2)17-16(20)13-8-7-11(9-15(13)23-17)22-18(21)12-5-3-4-6-14(12)19/h3-9H,1-2H3. The predicted octanol–water partition coefficient (Wildman–Crippen LogP) is 4.54. The fourth-order valence-corrected chi connectivity index (χ4v) is 2.68. The van der Waals surface area contributed by atoms with Crippen LogP contribution in [0, 0.1) is 0 Å². The van der Waals surface area contributed by atoms with E-state index in [-0.39, 0.29) is 5.78 Å². The Morgan fingerprint density at radius 1 is 1.13 bits per heavy atom. The Hall–Kier alpha value is -2.40. The van der Waals surface area contributed by atoms with Gasteiger partial charge in [0.25, 0.3) is 0 Å². The average Bonchev–Trinajstić information content (AvgIpc) is 2.84. The molecule has 0 amide bonds. The highest BCUT2D eigenvalue weighted by molar-refractivity contribution is 9.10. The van der Waals surface area contributed by atoms with Gasteiger partial charge in [0.1, 0.15) is 11.5 Å². The van der Waals surface area contributed by atoms with Crippen molar-refractivity contribution in [1.82, 2.24) is 0 Å². The van der Waals surface area contributed by atoms with Gasteiger partial charge in [-0.3, -0.25) is 4.79 Å². The van der Waals surface area contributed by atoms with E-state index in [1.807, 2.05) is 19.9 Å². The Labute approximate surface area is 141 Å². The maximum Gasteiger partial charge on any atom is 0.344 e. The molecule has 4 nitrogen and oxygen atoms in total. The van der Waals surface area contributed by atoms with Gasteiger partial charge in [-0.15, -0.1) is 0 Å². The smallest absolute Gasteiger partial charge is 0.344 e. The highest BCUT2D eigenvalue weighted by Crippen LogP contribution is 2.35. The van der Waals surface area contributed by atoms with Crippen molar-refractivity contribution in [2.45, 2.75) is 13.8 Å². The highest BCUT2D eigenvalue weighted by Gasteiger charge is 2.28. The second-order valence-corrected chi connectivity index (χ2v) is 6.14. The molecule has 0 bridgehead atoms. The molecule has 23 heavy (non-hydrogen) atoms. The van der Waals surface area contributed by atoms with E-state index in [0.29, 0.717) is 32.9 Å². The van der Waals surface area contributed by atoms with Gasteiger partial charge in [-0.1, -0.05) is 12.1 Å². The zero-order valence-electron chi connectivity index (χ0n) is 12.6. The molecule has 1 aliphatic heterocycles. The summed E-state index contributed by atoms with van der Waals surface area (Å²) in [7, 11) is 0. The number of ketones is 1. The molecule has 1 heterocycles. The summed E-state index contributed by atoms with van der Waals surface area (Å²) in [6.07, 6.45) is 0. The molecule has 3 rings (SSSR count).